The molecule has 2 aromatic carbocycles. The molecule has 1 fully saturated rings. The van der Waals surface area contributed by atoms with Crippen LogP contribution in [0.25, 0.3) is 10.9 Å². The first-order chi connectivity index (χ1) is 19.6. The van der Waals surface area contributed by atoms with Gasteiger partial charge < -0.3 is 34.7 Å². The molecule has 0 amide bonds. The minimum Gasteiger partial charge on any atom is -0.495 e. The van der Waals surface area contributed by atoms with Crippen LogP contribution in [-0.4, -0.2) is 91.8 Å². The molecule has 4 rings (SSSR count). The van der Waals surface area contributed by atoms with Gasteiger partial charge in [-0.15, -0.1) is 0 Å². The molecule has 2 heterocycles. The van der Waals surface area contributed by atoms with Crippen molar-refractivity contribution in [2.75, 3.05) is 50.7 Å². The van der Waals surface area contributed by atoms with Gasteiger partial charge in [0.05, 0.1) is 36.6 Å². The Bertz CT molecular complexity index is 1540. The van der Waals surface area contributed by atoms with Crippen LogP contribution in [0.1, 0.15) is 12.1 Å². The first-order valence-electron chi connectivity index (χ1n) is 13.1. The van der Waals surface area contributed by atoms with Crippen LogP contribution in [0.4, 0.5) is 28.9 Å². The quantitative estimate of drug-likeness (QED) is 0.103. The van der Waals surface area contributed by atoms with E-state index in [1.54, 1.807) is 43.7 Å². The number of hydrogen-bond acceptors (Lipinski definition) is 7. The Morgan fingerprint density at radius 2 is 1.90 bits per heavy atom. The second-order valence-corrected chi connectivity index (χ2v) is 13.8. The maximum absolute atomic E-state index is 14.9. The summed E-state index contributed by atoms with van der Waals surface area (Å²) in [6.07, 6.45) is -5.86. The smallest absolute Gasteiger partial charge is 0.406 e. The van der Waals surface area contributed by atoms with Crippen molar-refractivity contribution in [3.05, 3.63) is 48.2 Å². The summed E-state index contributed by atoms with van der Waals surface area (Å²) in [6, 6.07) is 10.7. The van der Waals surface area contributed by atoms with Gasteiger partial charge in [-0.25, -0.2) is 4.39 Å². The zero-order chi connectivity index (χ0) is 30.9. The molecule has 14 heteroatoms. The largest absolute Gasteiger partial charge is 0.495 e. The normalized spacial score (nSPS) is 18.4. The summed E-state index contributed by atoms with van der Waals surface area (Å²) in [5.74, 6) is 3.50. The topological polar surface area (TPSA) is 99.0 Å². The standard InChI is InChI=1S/C28H32BF4N4O4P/c1-41-26-15-19(42(2,3)40)9-10-24(26)34-12-5-6-18-14-20-22(7-4-8-25(20)37(18)17-27(31,32)33)35-23-11-13-36(16-21(23)30)28(29,38)39/h4,7-10,14-15,21,23,34-35,38-39H,11-13,16-17H2,1-3H3. The van der Waals surface area contributed by atoms with Crippen LogP contribution >= 0.6 is 7.14 Å². The fourth-order valence-electron chi connectivity index (χ4n) is 4.86. The molecule has 0 saturated carbocycles. The van der Waals surface area contributed by atoms with Crippen molar-refractivity contribution < 1.29 is 37.1 Å². The number of nitrogens with one attached hydrogen (secondary N) is 2. The summed E-state index contributed by atoms with van der Waals surface area (Å²) in [5, 5.41) is 26.4. The van der Waals surface area contributed by atoms with Gasteiger partial charge in [0.15, 0.2) is 13.7 Å². The number of likely N-dealkylation sites (tertiary alicyclic amines) is 1. The van der Waals surface area contributed by atoms with Gasteiger partial charge in [-0.2, -0.15) is 13.2 Å². The van der Waals surface area contributed by atoms with E-state index in [2.05, 4.69) is 22.5 Å². The lowest BCUT2D eigenvalue weighted by atomic mass is 9.95. The Labute approximate surface area is 242 Å². The average molecular weight is 606 g/mol. The maximum atomic E-state index is 14.9. The number of hydrogen-bond donors (Lipinski definition) is 4. The van der Waals surface area contributed by atoms with E-state index in [-0.39, 0.29) is 37.3 Å². The number of nitrogens with zero attached hydrogens (tertiary/aromatic N) is 2. The zero-order valence-corrected chi connectivity index (χ0v) is 24.3. The molecule has 0 bridgehead atoms. The predicted octanol–water partition coefficient (Wildman–Crippen LogP) is 3.51. The number of fused-ring (bicyclic) bond motifs is 1. The number of alkyl halides is 4. The molecule has 1 aliphatic rings. The number of ether oxygens (including phenoxy) is 1. The Morgan fingerprint density at radius 3 is 2.52 bits per heavy atom. The van der Waals surface area contributed by atoms with E-state index in [0.29, 0.717) is 27.8 Å². The third kappa shape index (κ3) is 7.61. The summed E-state index contributed by atoms with van der Waals surface area (Å²) in [7, 11) is 4.23. The van der Waals surface area contributed by atoms with Crippen molar-refractivity contribution in [3.63, 3.8) is 0 Å². The fourth-order valence-corrected chi connectivity index (χ4v) is 5.73. The Kier molecular flexibility index (Phi) is 9.24. The van der Waals surface area contributed by atoms with Crippen molar-refractivity contribution in [2.45, 2.75) is 37.2 Å². The van der Waals surface area contributed by atoms with E-state index in [1.807, 2.05) is 0 Å². The highest BCUT2D eigenvalue weighted by atomic mass is 31.2. The lowest BCUT2D eigenvalue weighted by Crippen LogP contribution is -2.58. The van der Waals surface area contributed by atoms with Gasteiger partial charge in [0.25, 0.3) is 0 Å². The van der Waals surface area contributed by atoms with Gasteiger partial charge in [-0.05, 0) is 62.1 Å². The molecule has 2 atom stereocenters. The fraction of sp³-hybridized carbons (Fsp3) is 0.429. The number of piperidine rings is 1. The molecule has 4 N–H and O–H groups in total. The second kappa shape index (κ2) is 12.2. The van der Waals surface area contributed by atoms with Crippen LogP contribution in [0, 0.1) is 11.8 Å². The predicted molar refractivity (Wildman–Crippen MR) is 157 cm³/mol. The first-order valence-corrected chi connectivity index (χ1v) is 15.7. The number of benzene rings is 2. The minimum absolute atomic E-state index is 0.0880. The third-order valence-corrected chi connectivity index (χ3v) is 8.54. The van der Waals surface area contributed by atoms with Gasteiger partial charge in [-0.1, -0.05) is 12.0 Å². The van der Waals surface area contributed by atoms with Crippen LogP contribution in [0.3, 0.4) is 0 Å². The highest BCUT2D eigenvalue weighted by Gasteiger charge is 2.36. The van der Waals surface area contributed by atoms with E-state index in [0.717, 1.165) is 9.47 Å². The molecular weight excluding hydrogens is 574 g/mol. The first kappa shape index (κ1) is 31.8. The Morgan fingerprint density at radius 1 is 1.17 bits per heavy atom. The highest BCUT2D eigenvalue weighted by Crippen LogP contribution is 2.37. The molecule has 0 spiro atoms. The highest BCUT2D eigenvalue weighted by molar-refractivity contribution is 7.70. The third-order valence-electron chi connectivity index (χ3n) is 7.02. The number of methoxy groups -OCH3 is 1. The van der Waals surface area contributed by atoms with Crippen LogP contribution in [0.2, 0.25) is 0 Å². The minimum atomic E-state index is -4.52. The molecule has 2 radical (unpaired) electrons. The van der Waals surface area contributed by atoms with Gasteiger partial charge in [0.1, 0.15) is 25.6 Å². The molecule has 1 aromatic heterocycles. The van der Waals surface area contributed by atoms with Crippen LogP contribution in [0.5, 0.6) is 5.75 Å². The van der Waals surface area contributed by atoms with E-state index >= 15 is 0 Å². The number of aromatic nitrogens is 1. The van der Waals surface area contributed by atoms with Crippen LogP contribution < -0.4 is 20.7 Å². The van der Waals surface area contributed by atoms with E-state index in [4.69, 9.17) is 12.6 Å². The lowest BCUT2D eigenvalue weighted by Gasteiger charge is -2.41. The maximum Gasteiger partial charge on any atom is 0.406 e. The summed E-state index contributed by atoms with van der Waals surface area (Å²) in [5.41, 5.74) is 1.41. The Balaban J connectivity index is 1.58. The summed E-state index contributed by atoms with van der Waals surface area (Å²) < 4.78 is 74.4. The van der Waals surface area contributed by atoms with Crippen LogP contribution in [-0.2, 0) is 11.1 Å². The van der Waals surface area contributed by atoms with E-state index in [1.165, 1.54) is 19.2 Å². The molecule has 3 aromatic rings. The molecule has 1 aliphatic heterocycles. The van der Waals surface area contributed by atoms with Crippen molar-refractivity contribution >= 4 is 42.6 Å². The summed E-state index contributed by atoms with van der Waals surface area (Å²) in [6.45, 7) is 1.89. The second-order valence-electron chi connectivity index (χ2n) is 10.5. The number of aliphatic hydroxyl groups is 2. The molecule has 1 saturated heterocycles. The Hall–Kier alpha value is -3.17. The number of halogens is 4. The van der Waals surface area contributed by atoms with Crippen LogP contribution in [0.15, 0.2) is 42.5 Å². The van der Waals surface area contributed by atoms with Crippen molar-refractivity contribution in [1.29, 1.82) is 0 Å². The van der Waals surface area contributed by atoms with Gasteiger partial charge in [0, 0.05) is 29.5 Å². The van der Waals surface area contributed by atoms with Crippen molar-refractivity contribution in [3.8, 4) is 17.6 Å². The van der Waals surface area contributed by atoms with Gasteiger partial charge in [0.2, 0.25) is 0 Å². The summed E-state index contributed by atoms with van der Waals surface area (Å²) in [4.78, 5) is 0.994. The SMILES string of the molecule is [B]C(O)(O)N1CCC(Nc2cccc3c2cc(C#CCNc2ccc(P(C)(C)=O)cc2OC)n3CC(F)(F)F)C(F)C1. The monoisotopic (exact) mass is 606 g/mol. The summed E-state index contributed by atoms with van der Waals surface area (Å²) >= 11 is 0. The molecule has 42 heavy (non-hydrogen) atoms. The molecular formula is C28H32BF4N4O4P. The van der Waals surface area contributed by atoms with E-state index < -0.39 is 37.9 Å². The number of anilines is 2. The zero-order valence-electron chi connectivity index (χ0n) is 23.4. The van der Waals surface area contributed by atoms with Crippen molar-refractivity contribution in [2.24, 2.45) is 0 Å². The van der Waals surface area contributed by atoms with Crippen molar-refractivity contribution in [1.82, 2.24) is 9.47 Å². The molecule has 2 unspecified atom stereocenters. The average Bonchev–Trinajstić information content (AvgIpc) is 3.23. The number of rotatable bonds is 8. The van der Waals surface area contributed by atoms with Gasteiger partial charge >= 0.3 is 6.18 Å². The van der Waals surface area contributed by atoms with Gasteiger partial charge in [-0.3, -0.25) is 4.90 Å². The van der Waals surface area contributed by atoms with E-state index in [9.17, 15) is 32.3 Å². The lowest BCUT2D eigenvalue weighted by molar-refractivity contribution is -0.207. The molecule has 224 valence electrons. The molecule has 0 aliphatic carbocycles. The molecule has 8 nitrogen and oxygen atoms in total.